The first kappa shape index (κ1) is 12.4. The summed E-state index contributed by atoms with van der Waals surface area (Å²) < 4.78 is 26.7. The molecule has 1 unspecified atom stereocenters. The van der Waals surface area contributed by atoms with Gasteiger partial charge in [-0.2, -0.15) is 0 Å². The molecule has 1 aliphatic heterocycles. The third-order valence-electron chi connectivity index (χ3n) is 2.70. The molecular weight excluding hydrogens is 220 g/mol. The molecule has 0 aliphatic carbocycles. The quantitative estimate of drug-likeness (QED) is 0.787. The van der Waals surface area contributed by atoms with Gasteiger partial charge in [0, 0.05) is 18.0 Å². The van der Waals surface area contributed by atoms with Gasteiger partial charge in [0.15, 0.2) is 0 Å². The first-order valence-electron chi connectivity index (χ1n) is 4.93. The third kappa shape index (κ3) is 2.67. The van der Waals surface area contributed by atoms with Crippen molar-refractivity contribution in [3.8, 4) is 0 Å². The van der Waals surface area contributed by atoms with Gasteiger partial charge in [-0.05, 0) is 31.5 Å². The lowest BCUT2D eigenvalue weighted by Gasteiger charge is -2.23. The fraction of sp³-hybridized carbons (Fsp3) is 0.455. The first-order valence-corrected chi connectivity index (χ1v) is 4.93. The predicted octanol–water partition coefficient (Wildman–Crippen LogP) is 2.85. The molecule has 15 heavy (non-hydrogen) atoms. The van der Waals surface area contributed by atoms with E-state index in [1.165, 1.54) is 18.2 Å². The minimum Gasteiger partial charge on any atom is -0.316 e. The number of piperidine rings is 1. The topological polar surface area (TPSA) is 12.0 Å². The van der Waals surface area contributed by atoms with Crippen molar-refractivity contribution in [1.82, 2.24) is 5.32 Å². The van der Waals surface area contributed by atoms with E-state index in [1.54, 1.807) is 0 Å². The van der Waals surface area contributed by atoms with Crippen LogP contribution in [0.3, 0.4) is 0 Å². The Hall–Kier alpha value is -0.670. The molecule has 0 spiro atoms. The average molecular weight is 234 g/mol. The summed E-state index contributed by atoms with van der Waals surface area (Å²) >= 11 is 0. The van der Waals surface area contributed by atoms with E-state index >= 15 is 0 Å². The lowest BCUT2D eigenvalue weighted by Crippen LogP contribution is -2.29. The highest BCUT2D eigenvalue weighted by molar-refractivity contribution is 5.85. The Labute approximate surface area is 94.3 Å². The van der Waals surface area contributed by atoms with Crippen LogP contribution in [0.2, 0.25) is 0 Å². The Kier molecular flexibility index (Phi) is 4.48. The summed E-state index contributed by atoms with van der Waals surface area (Å²) in [6.45, 7) is 1.63. The van der Waals surface area contributed by atoms with Crippen molar-refractivity contribution >= 4 is 12.4 Å². The van der Waals surface area contributed by atoms with Crippen LogP contribution >= 0.6 is 12.4 Å². The lowest BCUT2D eigenvalue weighted by molar-refractivity contribution is 0.428. The second kappa shape index (κ2) is 5.42. The second-order valence-corrected chi connectivity index (χ2v) is 3.68. The summed E-state index contributed by atoms with van der Waals surface area (Å²) in [4.78, 5) is 0. The van der Waals surface area contributed by atoms with Gasteiger partial charge in [0.25, 0.3) is 0 Å². The molecular formula is C11H14ClF2N. The lowest BCUT2D eigenvalue weighted by atomic mass is 9.91. The molecule has 1 saturated heterocycles. The van der Waals surface area contributed by atoms with Crippen LogP contribution in [0.5, 0.6) is 0 Å². The minimum atomic E-state index is -0.418. The van der Waals surface area contributed by atoms with E-state index < -0.39 is 11.6 Å². The molecule has 1 N–H and O–H groups in total. The van der Waals surface area contributed by atoms with Crippen LogP contribution < -0.4 is 5.32 Å². The van der Waals surface area contributed by atoms with E-state index in [0.717, 1.165) is 19.4 Å². The van der Waals surface area contributed by atoms with E-state index in [1.807, 2.05) is 0 Å². The zero-order valence-corrected chi connectivity index (χ0v) is 9.12. The van der Waals surface area contributed by atoms with E-state index in [-0.39, 0.29) is 23.9 Å². The summed E-state index contributed by atoms with van der Waals surface area (Å²) in [6, 6.07) is 4.06. The Morgan fingerprint density at radius 1 is 1.20 bits per heavy atom. The monoisotopic (exact) mass is 233 g/mol. The first-order chi connectivity index (χ1) is 6.79. The van der Waals surface area contributed by atoms with Gasteiger partial charge in [-0.15, -0.1) is 12.4 Å². The summed E-state index contributed by atoms with van der Waals surface area (Å²) in [7, 11) is 0. The number of rotatable bonds is 1. The molecule has 4 heteroatoms. The Morgan fingerprint density at radius 3 is 2.40 bits per heavy atom. The van der Waals surface area contributed by atoms with Gasteiger partial charge in [0.05, 0.1) is 0 Å². The molecule has 1 aliphatic rings. The Balaban J connectivity index is 0.00000112. The largest absolute Gasteiger partial charge is 0.316 e. The third-order valence-corrected chi connectivity index (χ3v) is 2.70. The maximum atomic E-state index is 13.4. The molecule has 1 atom stereocenters. The summed E-state index contributed by atoms with van der Waals surface area (Å²) in [6.07, 6.45) is 1.85. The molecule has 1 aromatic carbocycles. The van der Waals surface area contributed by atoms with Crippen molar-refractivity contribution in [2.45, 2.75) is 18.8 Å². The molecule has 0 saturated carbocycles. The highest BCUT2D eigenvalue weighted by Crippen LogP contribution is 2.27. The molecule has 84 valence electrons. The van der Waals surface area contributed by atoms with Crippen molar-refractivity contribution in [3.05, 3.63) is 35.4 Å². The van der Waals surface area contributed by atoms with Crippen LogP contribution in [0, 0.1) is 11.6 Å². The smallest absolute Gasteiger partial charge is 0.129 e. The van der Waals surface area contributed by atoms with Crippen LogP contribution in [0.15, 0.2) is 18.2 Å². The molecule has 0 bridgehead atoms. The summed E-state index contributed by atoms with van der Waals surface area (Å²) in [5.74, 6) is -0.845. The number of halogens is 3. The standard InChI is InChI=1S/C11H13F2N.ClH/c12-9-4-1-5-10(13)11(9)8-3-2-6-14-7-8;/h1,4-5,8,14H,2-3,6-7H2;1H. The normalized spacial score (nSPS) is 20.8. The number of hydrogen-bond acceptors (Lipinski definition) is 1. The van der Waals surface area contributed by atoms with Crippen molar-refractivity contribution in [3.63, 3.8) is 0 Å². The predicted molar refractivity (Wildman–Crippen MR) is 58.5 cm³/mol. The molecule has 2 rings (SSSR count). The molecule has 0 radical (unpaired) electrons. The summed E-state index contributed by atoms with van der Waals surface area (Å²) in [5, 5.41) is 3.15. The molecule has 0 amide bonds. The molecule has 1 heterocycles. The zero-order chi connectivity index (χ0) is 9.97. The van der Waals surface area contributed by atoms with Gasteiger partial charge in [-0.3, -0.25) is 0 Å². The van der Waals surface area contributed by atoms with Gasteiger partial charge < -0.3 is 5.32 Å². The van der Waals surface area contributed by atoms with Gasteiger partial charge in [-0.1, -0.05) is 6.07 Å². The van der Waals surface area contributed by atoms with Gasteiger partial charge in [0.2, 0.25) is 0 Å². The molecule has 1 fully saturated rings. The molecule has 0 aromatic heterocycles. The summed E-state index contributed by atoms with van der Waals surface area (Å²) in [5.41, 5.74) is 0.250. The number of benzene rings is 1. The minimum absolute atomic E-state index is 0. The molecule has 1 nitrogen and oxygen atoms in total. The van der Waals surface area contributed by atoms with Crippen LogP contribution in [-0.4, -0.2) is 13.1 Å². The van der Waals surface area contributed by atoms with Gasteiger partial charge in [0.1, 0.15) is 11.6 Å². The fourth-order valence-corrected chi connectivity index (χ4v) is 2.00. The van der Waals surface area contributed by atoms with Gasteiger partial charge in [-0.25, -0.2) is 8.78 Å². The van der Waals surface area contributed by atoms with Gasteiger partial charge >= 0.3 is 0 Å². The highest BCUT2D eigenvalue weighted by atomic mass is 35.5. The highest BCUT2D eigenvalue weighted by Gasteiger charge is 2.21. The average Bonchev–Trinajstić information content (AvgIpc) is 2.19. The van der Waals surface area contributed by atoms with Crippen molar-refractivity contribution < 1.29 is 8.78 Å². The van der Waals surface area contributed by atoms with E-state index in [9.17, 15) is 8.78 Å². The number of hydrogen-bond donors (Lipinski definition) is 1. The Bertz CT molecular complexity index is 304. The number of nitrogens with one attached hydrogen (secondary N) is 1. The van der Waals surface area contributed by atoms with Crippen LogP contribution in [0.4, 0.5) is 8.78 Å². The van der Waals surface area contributed by atoms with Crippen molar-refractivity contribution in [2.75, 3.05) is 13.1 Å². The molecule has 1 aromatic rings. The fourth-order valence-electron chi connectivity index (χ4n) is 2.00. The van der Waals surface area contributed by atoms with Crippen molar-refractivity contribution in [1.29, 1.82) is 0 Å². The maximum Gasteiger partial charge on any atom is 0.129 e. The second-order valence-electron chi connectivity index (χ2n) is 3.68. The van der Waals surface area contributed by atoms with Crippen LogP contribution in [0.1, 0.15) is 24.3 Å². The SMILES string of the molecule is Cl.Fc1cccc(F)c1C1CCCNC1. The van der Waals surface area contributed by atoms with Crippen LogP contribution in [-0.2, 0) is 0 Å². The van der Waals surface area contributed by atoms with Crippen LogP contribution in [0.25, 0.3) is 0 Å². The Morgan fingerprint density at radius 2 is 1.87 bits per heavy atom. The van der Waals surface area contributed by atoms with E-state index in [0.29, 0.717) is 6.54 Å². The zero-order valence-electron chi connectivity index (χ0n) is 8.30. The van der Waals surface area contributed by atoms with E-state index in [2.05, 4.69) is 5.32 Å². The van der Waals surface area contributed by atoms with E-state index in [4.69, 9.17) is 0 Å². The van der Waals surface area contributed by atoms with Crippen molar-refractivity contribution in [2.24, 2.45) is 0 Å². The maximum absolute atomic E-state index is 13.4.